The van der Waals surface area contributed by atoms with E-state index in [9.17, 15) is 4.79 Å². The minimum Gasteiger partial charge on any atom is -0.488 e. The molecule has 1 heterocycles. The van der Waals surface area contributed by atoms with Crippen molar-refractivity contribution in [1.29, 1.82) is 0 Å². The molecule has 2 rings (SSSR count). The van der Waals surface area contributed by atoms with Crippen molar-refractivity contribution in [2.45, 2.75) is 26.4 Å². The molecule has 1 unspecified atom stereocenters. The molecule has 0 spiro atoms. The lowest BCUT2D eigenvalue weighted by molar-refractivity contribution is 0.1000. The van der Waals surface area contributed by atoms with Crippen LogP contribution in [0.1, 0.15) is 29.3 Å². The SMILES string of the molecule is CCC(CNc1ncc(C(N)=O)cc1Cl)Oc1ccccc1C. The lowest BCUT2D eigenvalue weighted by atomic mass is 10.2. The molecule has 3 N–H and O–H groups in total. The van der Waals surface area contributed by atoms with Crippen molar-refractivity contribution < 1.29 is 9.53 Å². The summed E-state index contributed by atoms with van der Waals surface area (Å²) in [5, 5.41) is 3.50. The van der Waals surface area contributed by atoms with Gasteiger partial charge < -0.3 is 15.8 Å². The highest BCUT2D eigenvalue weighted by atomic mass is 35.5. The van der Waals surface area contributed by atoms with E-state index in [2.05, 4.69) is 17.2 Å². The normalized spacial score (nSPS) is 11.8. The molecule has 0 bridgehead atoms. The van der Waals surface area contributed by atoms with Crippen molar-refractivity contribution in [2.75, 3.05) is 11.9 Å². The maximum atomic E-state index is 11.1. The van der Waals surface area contributed by atoms with Crippen molar-refractivity contribution in [3.8, 4) is 5.75 Å². The first-order chi connectivity index (χ1) is 11.0. The third-order valence-electron chi connectivity index (χ3n) is 3.47. The van der Waals surface area contributed by atoms with E-state index in [4.69, 9.17) is 22.1 Å². The molecule has 0 radical (unpaired) electrons. The number of nitrogens with one attached hydrogen (secondary N) is 1. The van der Waals surface area contributed by atoms with Gasteiger partial charge in [0.15, 0.2) is 0 Å². The Kier molecular flexibility index (Phi) is 5.82. The van der Waals surface area contributed by atoms with Gasteiger partial charge in [0.2, 0.25) is 5.91 Å². The van der Waals surface area contributed by atoms with Crippen LogP contribution in [0.5, 0.6) is 5.75 Å². The molecule has 5 nitrogen and oxygen atoms in total. The summed E-state index contributed by atoms with van der Waals surface area (Å²) in [5.74, 6) is 0.813. The molecule has 0 saturated heterocycles. The summed E-state index contributed by atoms with van der Waals surface area (Å²) in [4.78, 5) is 15.2. The molecule has 23 heavy (non-hydrogen) atoms. The van der Waals surface area contributed by atoms with Crippen LogP contribution >= 0.6 is 11.6 Å². The fourth-order valence-corrected chi connectivity index (χ4v) is 2.28. The van der Waals surface area contributed by atoms with Crippen LogP contribution in [-0.2, 0) is 0 Å². The number of para-hydroxylation sites is 1. The first kappa shape index (κ1) is 17.1. The van der Waals surface area contributed by atoms with E-state index in [0.29, 0.717) is 17.4 Å². The second-order valence-electron chi connectivity index (χ2n) is 5.21. The summed E-state index contributed by atoms with van der Waals surface area (Å²) in [6.45, 7) is 4.61. The fourth-order valence-electron chi connectivity index (χ4n) is 2.05. The van der Waals surface area contributed by atoms with E-state index >= 15 is 0 Å². The van der Waals surface area contributed by atoms with Crippen LogP contribution < -0.4 is 15.8 Å². The van der Waals surface area contributed by atoms with Crippen LogP contribution in [0.25, 0.3) is 0 Å². The van der Waals surface area contributed by atoms with Gasteiger partial charge in [-0.2, -0.15) is 0 Å². The monoisotopic (exact) mass is 333 g/mol. The Morgan fingerprint density at radius 2 is 2.17 bits per heavy atom. The Hall–Kier alpha value is -2.27. The number of nitrogens with two attached hydrogens (primary N) is 1. The molecule has 1 aromatic carbocycles. The molecule has 1 amide bonds. The standard InChI is InChI=1S/C17H20ClN3O2/c1-3-13(23-15-7-5-4-6-11(15)2)10-21-17-14(18)8-12(9-20-17)16(19)22/h4-9,13H,3,10H2,1-2H3,(H2,19,22)(H,20,21). The summed E-state index contributed by atoms with van der Waals surface area (Å²) >= 11 is 6.11. The fraction of sp³-hybridized carbons (Fsp3) is 0.294. The summed E-state index contributed by atoms with van der Waals surface area (Å²) in [6.07, 6.45) is 2.21. The van der Waals surface area contributed by atoms with E-state index in [0.717, 1.165) is 17.7 Å². The summed E-state index contributed by atoms with van der Waals surface area (Å²) in [5.41, 5.74) is 6.57. The Bertz CT molecular complexity index is 691. The molecule has 0 aliphatic heterocycles. The summed E-state index contributed by atoms with van der Waals surface area (Å²) in [6, 6.07) is 9.39. The van der Waals surface area contributed by atoms with Gasteiger partial charge in [-0.05, 0) is 31.0 Å². The van der Waals surface area contributed by atoms with Crippen LogP contribution in [0, 0.1) is 6.92 Å². The number of primary amides is 1. The molecule has 0 fully saturated rings. The number of rotatable bonds is 7. The van der Waals surface area contributed by atoms with Crippen molar-refractivity contribution >= 4 is 23.3 Å². The molecule has 2 aromatic rings. The van der Waals surface area contributed by atoms with Crippen LogP contribution in [-0.4, -0.2) is 23.5 Å². The van der Waals surface area contributed by atoms with Crippen molar-refractivity contribution in [2.24, 2.45) is 5.73 Å². The predicted molar refractivity (Wildman–Crippen MR) is 92.1 cm³/mol. The first-order valence-corrected chi connectivity index (χ1v) is 7.80. The van der Waals surface area contributed by atoms with Gasteiger partial charge in [0.25, 0.3) is 0 Å². The zero-order chi connectivity index (χ0) is 16.8. The van der Waals surface area contributed by atoms with E-state index in [1.165, 1.54) is 12.3 Å². The zero-order valence-electron chi connectivity index (χ0n) is 13.2. The van der Waals surface area contributed by atoms with Crippen LogP contribution in [0.2, 0.25) is 5.02 Å². The minimum absolute atomic E-state index is 0.0233. The third kappa shape index (κ3) is 4.60. The van der Waals surface area contributed by atoms with Crippen LogP contribution in [0.15, 0.2) is 36.5 Å². The first-order valence-electron chi connectivity index (χ1n) is 7.42. The second kappa shape index (κ2) is 7.83. The van der Waals surface area contributed by atoms with Gasteiger partial charge >= 0.3 is 0 Å². The zero-order valence-corrected chi connectivity index (χ0v) is 13.9. The maximum Gasteiger partial charge on any atom is 0.250 e. The number of amides is 1. The van der Waals surface area contributed by atoms with Crippen molar-refractivity contribution in [3.05, 3.63) is 52.7 Å². The van der Waals surface area contributed by atoms with Crippen LogP contribution in [0.4, 0.5) is 5.82 Å². The number of anilines is 1. The van der Waals surface area contributed by atoms with Gasteiger partial charge in [-0.25, -0.2) is 4.98 Å². The van der Waals surface area contributed by atoms with Gasteiger partial charge in [-0.15, -0.1) is 0 Å². The average molecular weight is 334 g/mol. The smallest absolute Gasteiger partial charge is 0.250 e. The van der Waals surface area contributed by atoms with E-state index < -0.39 is 5.91 Å². The number of pyridine rings is 1. The Balaban J connectivity index is 2.01. The van der Waals surface area contributed by atoms with E-state index in [-0.39, 0.29) is 11.7 Å². The van der Waals surface area contributed by atoms with Crippen molar-refractivity contribution in [3.63, 3.8) is 0 Å². The Morgan fingerprint density at radius 3 is 2.78 bits per heavy atom. The molecule has 1 aromatic heterocycles. The molecule has 0 aliphatic carbocycles. The number of hydrogen-bond donors (Lipinski definition) is 2. The van der Waals surface area contributed by atoms with Crippen molar-refractivity contribution in [1.82, 2.24) is 4.98 Å². The lowest BCUT2D eigenvalue weighted by Gasteiger charge is -2.20. The molecule has 122 valence electrons. The number of nitrogens with zero attached hydrogens (tertiary/aromatic N) is 1. The van der Waals surface area contributed by atoms with E-state index in [1.54, 1.807) is 0 Å². The molecular weight excluding hydrogens is 314 g/mol. The number of halogens is 1. The maximum absolute atomic E-state index is 11.1. The van der Waals surface area contributed by atoms with Gasteiger partial charge in [-0.3, -0.25) is 4.79 Å². The highest BCUT2D eigenvalue weighted by Gasteiger charge is 2.12. The molecular formula is C17H20ClN3O2. The number of carbonyl (C=O) groups is 1. The topological polar surface area (TPSA) is 77.2 Å². The number of benzene rings is 1. The largest absolute Gasteiger partial charge is 0.488 e. The van der Waals surface area contributed by atoms with Gasteiger partial charge in [0.1, 0.15) is 17.7 Å². The predicted octanol–water partition coefficient (Wildman–Crippen LogP) is 3.41. The van der Waals surface area contributed by atoms with Gasteiger partial charge in [-0.1, -0.05) is 36.7 Å². The molecule has 0 aliphatic rings. The minimum atomic E-state index is -0.555. The molecule has 0 saturated carbocycles. The number of carbonyl (C=O) groups excluding carboxylic acids is 1. The Labute approximate surface area is 140 Å². The number of hydrogen-bond acceptors (Lipinski definition) is 4. The second-order valence-corrected chi connectivity index (χ2v) is 5.62. The number of ether oxygens (including phenoxy) is 1. The van der Waals surface area contributed by atoms with Crippen LogP contribution in [0.3, 0.4) is 0 Å². The highest BCUT2D eigenvalue weighted by Crippen LogP contribution is 2.22. The number of aryl methyl sites for hydroxylation is 1. The van der Waals surface area contributed by atoms with Gasteiger partial charge in [0, 0.05) is 6.20 Å². The summed E-state index contributed by atoms with van der Waals surface area (Å²) in [7, 11) is 0. The average Bonchev–Trinajstić information content (AvgIpc) is 2.54. The quantitative estimate of drug-likeness (QED) is 0.814. The molecule has 1 atom stereocenters. The highest BCUT2D eigenvalue weighted by molar-refractivity contribution is 6.33. The number of aromatic nitrogens is 1. The third-order valence-corrected chi connectivity index (χ3v) is 3.75. The van der Waals surface area contributed by atoms with E-state index in [1.807, 2.05) is 31.2 Å². The van der Waals surface area contributed by atoms with Gasteiger partial charge in [0.05, 0.1) is 17.1 Å². The lowest BCUT2D eigenvalue weighted by Crippen LogP contribution is -2.26. The Morgan fingerprint density at radius 1 is 1.43 bits per heavy atom. The molecule has 6 heteroatoms. The summed E-state index contributed by atoms with van der Waals surface area (Å²) < 4.78 is 6.01.